The average molecular weight is 425 g/mol. The van der Waals surface area contributed by atoms with Crippen molar-refractivity contribution in [1.82, 2.24) is 10.1 Å². The van der Waals surface area contributed by atoms with E-state index in [-0.39, 0.29) is 12.5 Å². The van der Waals surface area contributed by atoms with Crippen molar-refractivity contribution in [2.24, 2.45) is 5.10 Å². The van der Waals surface area contributed by atoms with Crippen LogP contribution in [0.5, 0.6) is 5.75 Å². The Bertz CT molecular complexity index is 1080. The highest BCUT2D eigenvalue weighted by molar-refractivity contribution is 6.30. The Morgan fingerprint density at radius 3 is 2.60 bits per heavy atom. The zero-order valence-corrected chi connectivity index (χ0v) is 17.3. The van der Waals surface area contributed by atoms with Crippen LogP contribution < -0.4 is 15.6 Å². The molecule has 3 aromatic rings. The molecular formula is C22H21ClN4O3. The Kier molecular flexibility index (Phi) is 6.87. The zero-order valence-electron chi connectivity index (χ0n) is 16.6. The van der Waals surface area contributed by atoms with Gasteiger partial charge in [0.2, 0.25) is 0 Å². The molecule has 0 saturated carbocycles. The largest absolute Gasteiger partial charge is 0.484 e. The summed E-state index contributed by atoms with van der Waals surface area (Å²) in [5.41, 5.74) is 8.20. The van der Waals surface area contributed by atoms with Crippen molar-refractivity contribution < 1.29 is 14.3 Å². The topological polar surface area (TPSA) is 84.7 Å². The molecule has 7 nitrogen and oxygen atoms in total. The van der Waals surface area contributed by atoms with Crippen LogP contribution in [0.25, 0.3) is 0 Å². The molecule has 1 aromatic heterocycles. The maximum Gasteiger partial charge on any atom is 0.277 e. The van der Waals surface area contributed by atoms with E-state index in [2.05, 4.69) is 16.0 Å². The van der Waals surface area contributed by atoms with Crippen LogP contribution in [0.2, 0.25) is 5.02 Å². The second kappa shape index (κ2) is 9.76. The fraction of sp³-hybridized carbons (Fsp3) is 0.136. The van der Waals surface area contributed by atoms with Crippen molar-refractivity contribution in [3.63, 3.8) is 0 Å². The minimum absolute atomic E-state index is 0.191. The molecule has 0 aliphatic heterocycles. The van der Waals surface area contributed by atoms with E-state index in [1.54, 1.807) is 53.2 Å². The van der Waals surface area contributed by atoms with Crippen LogP contribution in [0.1, 0.15) is 27.3 Å². The van der Waals surface area contributed by atoms with Crippen molar-refractivity contribution in [2.45, 2.75) is 13.8 Å². The van der Waals surface area contributed by atoms with Gasteiger partial charge in [-0.1, -0.05) is 35.9 Å². The highest BCUT2D eigenvalue weighted by atomic mass is 35.5. The van der Waals surface area contributed by atoms with Gasteiger partial charge in [-0.2, -0.15) is 5.10 Å². The molecule has 3 rings (SSSR count). The van der Waals surface area contributed by atoms with Crippen LogP contribution in [0, 0.1) is 13.8 Å². The van der Waals surface area contributed by atoms with Gasteiger partial charge in [0.25, 0.3) is 11.8 Å². The first kappa shape index (κ1) is 21.1. The molecule has 0 aliphatic carbocycles. The van der Waals surface area contributed by atoms with Crippen molar-refractivity contribution in [1.29, 1.82) is 0 Å². The molecule has 0 atom stereocenters. The molecule has 0 radical (unpaired) electrons. The van der Waals surface area contributed by atoms with Gasteiger partial charge < -0.3 is 4.74 Å². The number of carbonyl (C=O) groups excluding carboxylic acids is 2. The Labute approximate surface area is 179 Å². The summed E-state index contributed by atoms with van der Waals surface area (Å²) in [4.78, 5) is 24.3. The van der Waals surface area contributed by atoms with Crippen molar-refractivity contribution >= 4 is 29.6 Å². The molecule has 30 heavy (non-hydrogen) atoms. The number of benzene rings is 2. The van der Waals surface area contributed by atoms with E-state index in [0.29, 0.717) is 16.3 Å². The molecule has 1 heterocycles. The van der Waals surface area contributed by atoms with Crippen molar-refractivity contribution in [2.75, 3.05) is 12.0 Å². The molecule has 0 fully saturated rings. The first-order chi connectivity index (χ1) is 14.4. The lowest BCUT2D eigenvalue weighted by Crippen LogP contribution is -2.25. The molecule has 2 N–H and O–H groups in total. The van der Waals surface area contributed by atoms with Crippen LogP contribution in [0.15, 0.2) is 65.8 Å². The molecular weight excluding hydrogens is 404 g/mol. The van der Waals surface area contributed by atoms with Gasteiger partial charge in [-0.05, 0) is 50.2 Å². The summed E-state index contributed by atoms with van der Waals surface area (Å²) in [5.74, 6) is -0.121. The average Bonchev–Trinajstić information content (AvgIpc) is 3.00. The number of amides is 2. The number of aromatic nitrogens is 1. The van der Waals surface area contributed by atoms with E-state index < -0.39 is 5.91 Å². The number of hydrogen-bond donors (Lipinski definition) is 2. The standard InChI is InChI=1S/C22H21ClN4O3/c1-15-11-18(16(2)27(15)26-22(29)17-7-4-3-5-8-17)13-24-25-21(28)14-30-20-10-6-9-19(23)12-20/h3-13H,14H2,1-2H3,(H,25,28)(H,26,29)/b24-13+. The minimum Gasteiger partial charge on any atom is -0.484 e. The number of aryl methyl sites for hydroxylation is 1. The first-order valence-corrected chi connectivity index (χ1v) is 9.57. The molecule has 0 unspecified atom stereocenters. The SMILES string of the molecule is Cc1cc(/C=N/NC(=O)COc2cccc(Cl)c2)c(C)n1NC(=O)c1ccccc1. The molecule has 0 aliphatic rings. The van der Waals surface area contributed by atoms with Gasteiger partial charge in [0.15, 0.2) is 6.61 Å². The van der Waals surface area contributed by atoms with Crippen LogP contribution in [0.3, 0.4) is 0 Å². The van der Waals surface area contributed by atoms with E-state index in [9.17, 15) is 9.59 Å². The van der Waals surface area contributed by atoms with Crippen molar-refractivity contribution in [3.8, 4) is 5.75 Å². The molecule has 0 saturated heterocycles. The maximum absolute atomic E-state index is 12.4. The van der Waals surface area contributed by atoms with Gasteiger partial charge in [-0.15, -0.1) is 0 Å². The number of hydrogen-bond acceptors (Lipinski definition) is 4. The molecule has 0 spiro atoms. The van der Waals surface area contributed by atoms with Gasteiger partial charge in [0.1, 0.15) is 5.75 Å². The Morgan fingerprint density at radius 1 is 1.10 bits per heavy atom. The maximum atomic E-state index is 12.4. The fourth-order valence-corrected chi connectivity index (χ4v) is 2.94. The lowest BCUT2D eigenvalue weighted by molar-refractivity contribution is -0.123. The Balaban J connectivity index is 1.57. The van der Waals surface area contributed by atoms with E-state index in [1.165, 1.54) is 6.21 Å². The number of rotatable bonds is 7. The van der Waals surface area contributed by atoms with Crippen LogP contribution in [0.4, 0.5) is 0 Å². The number of nitrogens with one attached hydrogen (secondary N) is 2. The zero-order chi connectivity index (χ0) is 21.5. The Morgan fingerprint density at radius 2 is 1.87 bits per heavy atom. The van der Waals surface area contributed by atoms with E-state index in [4.69, 9.17) is 16.3 Å². The second-order valence-electron chi connectivity index (χ2n) is 6.51. The van der Waals surface area contributed by atoms with Crippen LogP contribution >= 0.6 is 11.6 Å². The second-order valence-corrected chi connectivity index (χ2v) is 6.94. The highest BCUT2D eigenvalue weighted by Gasteiger charge is 2.12. The molecule has 2 amide bonds. The van der Waals surface area contributed by atoms with E-state index in [0.717, 1.165) is 17.0 Å². The summed E-state index contributed by atoms with van der Waals surface area (Å²) in [5, 5.41) is 4.50. The predicted octanol–water partition coefficient (Wildman–Crippen LogP) is 3.67. The number of hydrazone groups is 1. The molecule has 2 aromatic carbocycles. The monoisotopic (exact) mass is 424 g/mol. The smallest absolute Gasteiger partial charge is 0.277 e. The first-order valence-electron chi connectivity index (χ1n) is 9.19. The summed E-state index contributed by atoms with van der Waals surface area (Å²) in [6.45, 7) is 3.53. The Hall–Kier alpha value is -3.58. The fourth-order valence-electron chi connectivity index (χ4n) is 2.76. The van der Waals surface area contributed by atoms with Gasteiger partial charge in [-0.25, -0.2) is 5.43 Å². The molecule has 8 heteroatoms. The summed E-state index contributed by atoms with van der Waals surface area (Å²) < 4.78 is 7.04. The summed E-state index contributed by atoms with van der Waals surface area (Å²) >= 11 is 5.88. The third-order valence-electron chi connectivity index (χ3n) is 4.28. The highest BCUT2D eigenvalue weighted by Crippen LogP contribution is 2.17. The third-order valence-corrected chi connectivity index (χ3v) is 4.51. The number of nitrogens with zero attached hydrogens (tertiary/aromatic N) is 2. The third kappa shape index (κ3) is 5.48. The molecule has 0 bridgehead atoms. The summed E-state index contributed by atoms with van der Waals surface area (Å²) in [6.07, 6.45) is 1.52. The number of carbonyl (C=O) groups is 2. The lowest BCUT2D eigenvalue weighted by atomic mass is 10.2. The van der Waals surface area contributed by atoms with Crippen LogP contribution in [-0.2, 0) is 4.79 Å². The van der Waals surface area contributed by atoms with Gasteiger partial charge in [0.05, 0.1) is 6.21 Å². The minimum atomic E-state index is -0.405. The number of halogens is 1. The van der Waals surface area contributed by atoms with E-state index >= 15 is 0 Å². The number of ether oxygens (including phenoxy) is 1. The molecule has 154 valence electrons. The van der Waals surface area contributed by atoms with Gasteiger partial charge in [-0.3, -0.25) is 19.7 Å². The van der Waals surface area contributed by atoms with Gasteiger partial charge >= 0.3 is 0 Å². The summed E-state index contributed by atoms with van der Waals surface area (Å²) in [6, 6.07) is 17.6. The predicted molar refractivity (Wildman–Crippen MR) is 117 cm³/mol. The lowest BCUT2D eigenvalue weighted by Gasteiger charge is -2.11. The van der Waals surface area contributed by atoms with E-state index in [1.807, 2.05) is 26.0 Å². The van der Waals surface area contributed by atoms with Crippen LogP contribution in [-0.4, -0.2) is 29.3 Å². The van der Waals surface area contributed by atoms with Gasteiger partial charge in [0, 0.05) is 27.5 Å². The quantitative estimate of drug-likeness (QED) is 0.448. The van der Waals surface area contributed by atoms with Crippen molar-refractivity contribution in [3.05, 3.63) is 88.2 Å². The summed E-state index contributed by atoms with van der Waals surface area (Å²) in [7, 11) is 0. The normalized spacial score (nSPS) is 10.8.